The molecule has 0 radical (unpaired) electrons. The van der Waals surface area contributed by atoms with Crippen LogP contribution in [0, 0.1) is 5.92 Å². The van der Waals surface area contributed by atoms with Gasteiger partial charge in [0.25, 0.3) is 0 Å². The molecular formula is C17H21FN2O6. The van der Waals surface area contributed by atoms with E-state index in [0.29, 0.717) is 0 Å². The molecule has 0 aliphatic heterocycles. The van der Waals surface area contributed by atoms with Crippen molar-refractivity contribution in [2.75, 3.05) is 6.67 Å². The van der Waals surface area contributed by atoms with Crippen molar-refractivity contribution in [3.05, 3.63) is 30.3 Å². The Labute approximate surface area is 149 Å². The zero-order valence-corrected chi connectivity index (χ0v) is 14.4. The Morgan fingerprint density at radius 1 is 1.12 bits per heavy atom. The molecule has 2 amide bonds. The zero-order valence-electron chi connectivity index (χ0n) is 14.4. The number of hydrogen-bond acceptors (Lipinski definition) is 5. The number of nitrogens with one attached hydrogen (secondary N) is 2. The number of para-hydroxylation sites is 1. The summed E-state index contributed by atoms with van der Waals surface area (Å²) in [5.74, 6) is -3.36. The minimum Gasteiger partial charge on any atom is -0.481 e. The minimum atomic E-state index is -1.52. The lowest BCUT2D eigenvalue weighted by Gasteiger charge is -2.23. The highest BCUT2D eigenvalue weighted by atomic mass is 19.1. The molecule has 0 aliphatic carbocycles. The second-order valence-corrected chi connectivity index (χ2v) is 5.83. The van der Waals surface area contributed by atoms with Gasteiger partial charge in [0, 0.05) is 0 Å². The third kappa shape index (κ3) is 6.88. The van der Waals surface area contributed by atoms with Gasteiger partial charge >= 0.3 is 12.1 Å². The van der Waals surface area contributed by atoms with E-state index in [9.17, 15) is 23.6 Å². The van der Waals surface area contributed by atoms with Crippen LogP contribution in [0.3, 0.4) is 0 Å². The molecule has 26 heavy (non-hydrogen) atoms. The zero-order chi connectivity index (χ0) is 19.7. The van der Waals surface area contributed by atoms with E-state index in [0.717, 1.165) is 0 Å². The van der Waals surface area contributed by atoms with Crippen molar-refractivity contribution < 1.29 is 33.4 Å². The molecule has 142 valence electrons. The largest absolute Gasteiger partial charge is 0.481 e. The second-order valence-electron chi connectivity index (χ2n) is 5.83. The van der Waals surface area contributed by atoms with Crippen LogP contribution in [0.2, 0.25) is 0 Å². The number of halogens is 1. The molecule has 1 rings (SSSR count). The lowest BCUT2D eigenvalue weighted by molar-refractivity contribution is -0.140. The quantitative estimate of drug-likeness (QED) is 0.604. The van der Waals surface area contributed by atoms with Crippen molar-refractivity contribution in [1.82, 2.24) is 10.6 Å². The van der Waals surface area contributed by atoms with Gasteiger partial charge in [0.1, 0.15) is 24.5 Å². The Hall–Kier alpha value is -2.97. The monoisotopic (exact) mass is 368 g/mol. The van der Waals surface area contributed by atoms with Crippen LogP contribution < -0.4 is 15.4 Å². The Bertz CT molecular complexity index is 650. The summed E-state index contributed by atoms with van der Waals surface area (Å²) in [6, 6.07) is 5.54. The van der Waals surface area contributed by atoms with Gasteiger partial charge in [0.05, 0.1) is 6.42 Å². The molecule has 0 aliphatic rings. The number of carbonyl (C=O) groups excluding carboxylic acids is 3. The van der Waals surface area contributed by atoms with Gasteiger partial charge in [-0.15, -0.1) is 0 Å². The van der Waals surface area contributed by atoms with Gasteiger partial charge in [-0.1, -0.05) is 32.0 Å². The van der Waals surface area contributed by atoms with E-state index < -0.39 is 54.8 Å². The predicted molar refractivity (Wildman–Crippen MR) is 89.4 cm³/mol. The summed E-state index contributed by atoms with van der Waals surface area (Å²) in [4.78, 5) is 46.5. The van der Waals surface area contributed by atoms with Crippen LogP contribution in [-0.4, -0.2) is 47.6 Å². The van der Waals surface area contributed by atoms with Crippen molar-refractivity contribution in [3.8, 4) is 5.75 Å². The molecule has 3 N–H and O–H groups in total. The fourth-order valence-corrected chi connectivity index (χ4v) is 2.06. The molecule has 0 bridgehead atoms. The number of alkyl halides is 1. The Morgan fingerprint density at radius 3 is 2.23 bits per heavy atom. The van der Waals surface area contributed by atoms with Crippen molar-refractivity contribution >= 4 is 23.8 Å². The first-order valence-corrected chi connectivity index (χ1v) is 7.88. The average molecular weight is 368 g/mol. The molecule has 1 aromatic carbocycles. The van der Waals surface area contributed by atoms with Crippen LogP contribution >= 0.6 is 0 Å². The predicted octanol–water partition coefficient (Wildman–Crippen LogP) is 1.30. The first kappa shape index (κ1) is 21.1. The lowest BCUT2D eigenvalue weighted by Crippen LogP contribution is -2.54. The number of Topliss-reactive ketones (excluding diaryl/α,β-unsaturated/α-hetero) is 1. The van der Waals surface area contributed by atoms with E-state index in [4.69, 9.17) is 9.84 Å². The van der Waals surface area contributed by atoms with Crippen LogP contribution in [0.5, 0.6) is 5.75 Å². The first-order chi connectivity index (χ1) is 12.2. The lowest BCUT2D eigenvalue weighted by atomic mass is 10.0. The molecule has 0 heterocycles. The maximum atomic E-state index is 12.6. The molecule has 8 nitrogen and oxygen atoms in total. The summed E-state index contributed by atoms with van der Waals surface area (Å²) in [6.45, 7) is 1.86. The number of aliphatic carboxylic acids is 1. The summed E-state index contributed by atoms with van der Waals surface area (Å²) in [5.41, 5.74) is 0. The highest BCUT2D eigenvalue weighted by Crippen LogP contribution is 2.10. The van der Waals surface area contributed by atoms with Crippen LogP contribution in [0.15, 0.2) is 30.3 Å². The molecule has 0 spiro atoms. The number of ether oxygens (including phenoxy) is 1. The Balaban J connectivity index is 2.77. The van der Waals surface area contributed by atoms with E-state index in [1.165, 1.54) is 0 Å². The number of carboxylic acids is 1. The summed E-state index contributed by atoms with van der Waals surface area (Å²) >= 11 is 0. The van der Waals surface area contributed by atoms with Crippen LogP contribution in [0.4, 0.5) is 9.18 Å². The molecular weight excluding hydrogens is 347 g/mol. The molecule has 0 aromatic heterocycles. The van der Waals surface area contributed by atoms with Crippen molar-refractivity contribution in [2.24, 2.45) is 5.92 Å². The van der Waals surface area contributed by atoms with Gasteiger partial charge in [0.2, 0.25) is 5.91 Å². The summed E-state index contributed by atoms with van der Waals surface area (Å²) < 4.78 is 17.6. The highest BCUT2D eigenvalue weighted by Gasteiger charge is 2.30. The number of hydrogen-bond donors (Lipinski definition) is 3. The van der Waals surface area contributed by atoms with E-state index in [1.807, 2.05) is 0 Å². The number of ketones is 1. The third-order valence-corrected chi connectivity index (χ3v) is 3.39. The molecule has 0 fully saturated rings. The van der Waals surface area contributed by atoms with Crippen LogP contribution in [0.1, 0.15) is 20.3 Å². The summed E-state index contributed by atoms with van der Waals surface area (Å²) in [7, 11) is 0. The smallest absolute Gasteiger partial charge is 0.413 e. The number of amides is 2. The first-order valence-electron chi connectivity index (χ1n) is 7.88. The molecule has 2 atom stereocenters. The number of benzene rings is 1. The fraction of sp³-hybridized carbons (Fsp3) is 0.412. The van der Waals surface area contributed by atoms with Crippen LogP contribution in [0.25, 0.3) is 0 Å². The van der Waals surface area contributed by atoms with E-state index in [2.05, 4.69) is 10.6 Å². The second kappa shape index (κ2) is 10.1. The highest BCUT2D eigenvalue weighted by molar-refractivity contribution is 5.94. The van der Waals surface area contributed by atoms with Crippen LogP contribution in [-0.2, 0) is 14.4 Å². The summed E-state index contributed by atoms with van der Waals surface area (Å²) in [6.07, 6.45) is -1.65. The molecule has 9 heteroatoms. The number of carbonyl (C=O) groups is 4. The van der Waals surface area contributed by atoms with Gasteiger partial charge in [-0.05, 0) is 18.1 Å². The van der Waals surface area contributed by atoms with Gasteiger partial charge in [-0.3, -0.25) is 14.4 Å². The van der Waals surface area contributed by atoms with Crippen molar-refractivity contribution in [2.45, 2.75) is 32.4 Å². The molecule has 1 unspecified atom stereocenters. The standard InChI is InChI=1S/C17H21FN2O6/c1-10(2)15(20-17(25)26-11-6-4-3-5-7-11)16(24)19-12(8-14(22)23)13(21)9-18/h3-7,10,12,15H,8-9H2,1-2H3,(H,19,24)(H,20,25)(H,22,23)/t12?,15-/m0/s1. The molecule has 1 aromatic rings. The molecule has 0 saturated carbocycles. The van der Waals surface area contributed by atoms with Gasteiger partial charge in [0.15, 0.2) is 5.78 Å². The maximum Gasteiger partial charge on any atom is 0.413 e. The minimum absolute atomic E-state index is 0.268. The average Bonchev–Trinajstić information content (AvgIpc) is 2.58. The number of carboxylic acid groups (broad SMARTS) is 1. The van der Waals surface area contributed by atoms with E-state index in [1.54, 1.807) is 44.2 Å². The van der Waals surface area contributed by atoms with Crippen molar-refractivity contribution in [3.63, 3.8) is 0 Å². The van der Waals surface area contributed by atoms with Gasteiger partial charge in [-0.2, -0.15) is 0 Å². The fourth-order valence-electron chi connectivity index (χ4n) is 2.06. The maximum absolute atomic E-state index is 12.6. The van der Waals surface area contributed by atoms with E-state index in [-0.39, 0.29) is 5.75 Å². The van der Waals surface area contributed by atoms with E-state index >= 15 is 0 Å². The van der Waals surface area contributed by atoms with Gasteiger partial charge in [-0.25, -0.2) is 9.18 Å². The number of rotatable bonds is 9. The molecule has 0 saturated heterocycles. The third-order valence-electron chi connectivity index (χ3n) is 3.39. The topological polar surface area (TPSA) is 122 Å². The normalized spacial score (nSPS) is 12.8. The summed E-state index contributed by atoms with van der Waals surface area (Å²) in [5, 5.41) is 13.3. The SMILES string of the molecule is CC(C)[C@H](NC(=O)Oc1ccccc1)C(=O)NC(CC(=O)O)C(=O)CF. The Morgan fingerprint density at radius 2 is 1.73 bits per heavy atom. The van der Waals surface area contributed by atoms with Gasteiger partial charge < -0.3 is 20.5 Å². The van der Waals surface area contributed by atoms with Crippen molar-refractivity contribution in [1.29, 1.82) is 0 Å². The Kier molecular flexibility index (Phi) is 8.20.